The Morgan fingerprint density at radius 2 is 1.57 bits per heavy atom. The molecule has 0 aromatic rings. The van der Waals surface area contributed by atoms with Gasteiger partial charge in [0.1, 0.15) is 0 Å². The van der Waals surface area contributed by atoms with E-state index in [0.29, 0.717) is 6.42 Å². The smallest absolute Gasteiger partial charge is 0.264 e. The van der Waals surface area contributed by atoms with Gasteiger partial charge in [0.15, 0.2) is 0 Å². The van der Waals surface area contributed by atoms with Crippen molar-refractivity contribution in [2.45, 2.75) is 33.1 Å². The summed E-state index contributed by atoms with van der Waals surface area (Å²) in [4.78, 5) is 0. The summed E-state index contributed by atoms with van der Waals surface area (Å²) in [5.41, 5.74) is 0. The molecule has 14 heavy (non-hydrogen) atoms. The van der Waals surface area contributed by atoms with E-state index in [1.165, 1.54) is 25.2 Å². The molecule has 0 saturated carbocycles. The van der Waals surface area contributed by atoms with Crippen LogP contribution in [0.3, 0.4) is 0 Å². The molecule has 0 bridgehead atoms. The maximum Gasteiger partial charge on any atom is 0.264 e. The fourth-order valence-electron chi connectivity index (χ4n) is 1.44. The summed E-state index contributed by atoms with van der Waals surface area (Å²) in [5.74, 6) is -0.0702. The first-order valence-corrected chi connectivity index (χ1v) is 8.67. The van der Waals surface area contributed by atoms with E-state index >= 15 is 0 Å². The van der Waals surface area contributed by atoms with Crippen molar-refractivity contribution in [2.75, 3.05) is 24.2 Å². The number of rotatable bonds is 8. The minimum atomic E-state index is -3.74. The van der Waals surface area contributed by atoms with E-state index in [1.807, 2.05) is 0 Å². The molecule has 0 aromatic heterocycles. The lowest BCUT2D eigenvalue weighted by Crippen LogP contribution is -2.06. The zero-order valence-electron chi connectivity index (χ0n) is 9.07. The second-order valence-electron chi connectivity index (χ2n) is 3.48. The Hall–Kier alpha value is 0.340. The van der Waals surface area contributed by atoms with Crippen molar-refractivity contribution in [3.05, 3.63) is 0 Å². The summed E-state index contributed by atoms with van der Waals surface area (Å²) < 4.78 is 29.6. The van der Waals surface area contributed by atoms with Crippen molar-refractivity contribution in [3.8, 4) is 0 Å². The van der Waals surface area contributed by atoms with Gasteiger partial charge in [-0.25, -0.2) is 0 Å². The van der Waals surface area contributed by atoms with Gasteiger partial charge in [-0.2, -0.15) is 8.42 Å². The lowest BCUT2D eigenvalue weighted by Gasteiger charge is -2.15. The van der Waals surface area contributed by atoms with E-state index in [1.54, 1.807) is 0 Å². The second-order valence-corrected chi connectivity index (χ2v) is 7.74. The number of hydrogen-bond donors (Lipinski definition) is 1. The van der Waals surface area contributed by atoms with Crippen LogP contribution in [0.1, 0.15) is 33.1 Å². The van der Waals surface area contributed by atoms with E-state index < -0.39 is 10.1 Å². The molecule has 0 rings (SSSR count). The zero-order chi connectivity index (χ0) is 11.0. The summed E-state index contributed by atoms with van der Waals surface area (Å²) >= 11 is 0. The van der Waals surface area contributed by atoms with Crippen LogP contribution in [0.2, 0.25) is 0 Å². The topological polar surface area (TPSA) is 54.4 Å². The van der Waals surface area contributed by atoms with Crippen LogP contribution in [0.5, 0.6) is 0 Å². The van der Waals surface area contributed by atoms with E-state index in [0.717, 1.165) is 6.16 Å². The molecule has 0 radical (unpaired) electrons. The van der Waals surface area contributed by atoms with Gasteiger partial charge in [-0.3, -0.25) is 4.55 Å². The second kappa shape index (κ2) is 7.61. The third-order valence-electron chi connectivity index (χ3n) is 1.96. The van der Waals surface area contributed by atoms with Crippen LogP contribution in [0.4, 0.5) is 0 Å². The standard InChI is InChI=1S/C9H21O3PS/c1-3-6-13(7-4-2)8-5-9-14(10,11)12/h3-9H2,1-2H3,(H,10,11,12). The van der Waals surface area contributed by atoms with Crippen molar-refractivity contribution >= 4 is 18.0 Å². The molecule has 86 valence electrons. The highest BCUT2D eigenvalue weighted by Crippen LogP contribution is 2.37. The highest BCUT2D eigenvalue weighted by atomic mass is 32.2. The molecular weight excluding hydrogens is 219 g/mol. The van der Waals surface area contributed by atoms with E-state index in [-0.39, 0.29) is 13.7 Å². The normalized spacial score (nSPS) is 12.3. The summed E-state index contributed by atoms with van der Waals surface area (Å²) in [7, 11) is -3.73. The molecule has 0 unspecified atom stereocenters. The summed E-state index contributed by atoms with van der Waals surface area (Å²) in [5, 5.41) is 0. The molecule has 0 aromatic carbocycles. The quantitative estimate of drug-likeness (QED) is 0.524. The first-order chi connectivity index (χ1) is 6.49. The van der Waals surface area contributed by atoms with Crippen LogP contribution in [0.25, 0.3) is 0 Å². The molecule has 3 nitrogen and oxygen atoms in total. The van der Waals surface area contributed by atoms with E-state index in [4.69, 9.17) is 4.55 Å². The van der Waals surface area contributed by atoms with Crippen LogP contribution < -0.4 is 0 Å². The summed E-state index contributed by atoms with van der Waals surface area (Å²) in [6.45, 7) is 4.32. The van der Waals surface area contributed by atoms with Crippen LogP contribution in [-0.4, -0.2) is 37.2 Å². The first-order valence-electron chi connectivity index (χ1n) is 5.17. The van der Waals surface area contributed by atoms with Crippen molar-refractivity contribution in [2.24, 2.45) is 0 Å². The van der Waals surface area contributed by atoms with Crippen molar-refractivity contribution in [1.29, 1.82) is 0 Å². The highest BCUT2D eigenvalue weighted by molar-refractivity contribution is 7.85. The lowest BCUT2D eigenvalue weighted by atomic mass is 10.6. The molecule has 5 heteroatoms. The first kappa shape index (κ1) is 14.3. The minimum absolute atomic E-state index is 0.0105. The summed E-state index contributed by atoms with van der Waals surface area (Å²) in [6.07, 6.45) is 6.42. The molecule has 0 heterocycles. The maximum absolute atomic E-state index is 10.5. The molecule has 0 aliphatic heterocycles. The number of hydrogen-bond acceptors (Lipinski definition) is 2. The van der Waals surface area contributed by atoms with Gasteiger partial charge in [0.25, 0.3) is 10.1 Å². The Balaban J connectivity index is 3.70. The minimum Gasteiger partial charge on any atom is -0.286 e. The molecule has 1 N–H and O–H groups in total. The largest absolute Gasteiger partial charge is 0.286 e. The molecule has 0 atom stereocenters. The van der Waals surface area contributed by atoms with E-state index in [2.05, 4.69) is 13.8 Å². The molecule has 0 amide bonds. The molecular formula is C9H21O3PS. The van der Waals surface area contributed by atoms with Gasteiger partial charge in [-0.15, -0.1) is 7.92 Å². The van der Waals surface area contributed by atoms with Gasteiger partial charge in [0, 0.05) is 0 Å². The van der Waals surface area contributed by atoms with Gasteiger partial charge in [-0.05, 0) is 24.9 Å². The molecule has 0 spiro atoms. The van der Waals surface area contributed by atoms with Crippen molar-refractivity contribution < 1.29 is 13.0 Å². The molecule has 0 saturated heterocycles. The van der Waals surface area contributed by atoms with Crippen LogP contribution in [-0.2, 0) is 10.1 Å². The maximum atomic E-state index is 10.5. The summed E-state index contributed by atoms with van der Waals surface area (Å²) in [6, 6.07) is 0. The average Bonchev–Trinajstić information content (AvgIpc) is 2.02. The Morgan fingerprint density at radius 1 is 1.07 bits per heavy atom. The van der Waals surface area contributed by atoms with E-state index in [9.17, 15) is 8.42 Å². The predicted octanol–water partition coefficient (Wildman–Crippen LogP) is 2.57. The Bertz CT molecular complexity index is 220. The van der Waals surface area contributed by atoms with Gasteiger partial charge >= 0.3 is 0 Å². The zero-order valence-corrected chi connectivity index (χ0v) is 10.8. The van der Waals surface area contributed by atoms with Gasteiger partial charge < -0.3 is 0 Å². The molecule has 0 aliphatic carbocycles. The molecule has 0 aliphatic rings. The van der Waals surface area contributed by atoms with Crippen molar-refractivity contribution in [1.82, 2.24) is 0 Å². The Labute approximate surface area is 88.8 Å². The lowest BCUT2D eigenvalue weighted by molar-refractivity contribution is 0.482. The Kier molecular flexibility index (Phi) is 7.79. The van der Waals surface area contributed by atoms with Gasteiger partial charge in [-0.1, -0.05) is 26.7 Å². The van der Waals surface area contributed by atoms with Crippen LogP contribution in [0, 0.1) is 0 Å². The van der Waals surface area contributed by atoms with Crippen LogP contribution >= 0.6 is 7.92 Å². The third-order valence-corrected chi connectivity index (χ3v) is 5.87. The predicted molar refractivity (Wildman–Crippen MR) is 63.1 cm³/mol. The Morgan fingerprint density at radius 3 is 1.93 bits per heavy atom. The third kappa shape index (κ3) is 8.92. The van der Waals surface area contributed by atoms with Gasteiger partial charge in [0.2, 0.25) is 0 Å². The average molecular weight is 240 g/mol. The fraction of sp³-hybridized carbons (Fsp3) is 1.00. The van der Waals surface area contributed by atoms with Crippen molar-refractivity contribution in [3.63, 3.8) is 0 Å². The SMILES string of the molecule is CCCP(CCC)CCCS(=O)(=O)O. The van der Waals surface area contributed by atoms with Gasteiger partial charge in [0.05, 0.1) is 5.75 Å². The molecule has 0 fully saturated rings. The fourth-order valence-corrected chi connectivity index (χ4v) is 4.70. The highest BCUT2D eigenvalue weighted by Gasteiger charge is 2.09. The monoisotopic (exact) mass is 240 g/mol. The van der Waals surface area contributed by atoms with Crippen LogP contribution in [0.15, 0.2) is 0 Å².